The standard InChI is InChI=1S/C26H36N2O/c1-4-10-19(11-5-1)22-16-17-23-24(18-22)28-29-26(23)27-25(20-12-6-2-7-13-20)21-14-8-3-9-15-21/h1,4-5,10-11,20-22,25,27H,2-3,6-9,12-18H2. The van der Waals surface area contributed by atoms with Crippen molar-refractivity contribution in [2.45, 2.75) is 95.4 Å². The Hall–Kier alpha value is -1.77. The Kier molecular flexibility index (Phi) is 5.92. The first kappa shape index (κ1) is 19.2. The third-order valence-corrected chi connectivity index (χ3v) is 7.94. The van der Waals surface area contributed by atoms with Crippen LogP contribution in [0.3, 0.4) is 0 Å². The van der Waals surface area contributed by atoms with Crippen LogP contribution in [0.2, 0.25) is 0 Å². The van der Waals surface area contributed by atoms with Crippen molar-refractivity contribution in [3.63, 3.8) is 0 Å². The maximum atomic E-state index is 5.95. The van der Waals surface area contributed by atoms with Gasteiger partial charge in [0.1, 0.15) is 0 Å². The van der Waals surface area contributed by atoms with Crippen molar-refractivity contribution in [1.29, 1.82) is 0 Å². The summed E-state index contributed by atoms with van der Waals surface area (Å²) in [5.41, 5.74) is 4.00. The lowest BCUT2D eigenvalue weighted by Gasteiger charge is -2.38. The molecule has 5 rings (SSSR count). The van der Waals surface area contributed by atoms with E-state index in [1.165, 1.54) is 87.4 Å². The summed E-state index contributed by atoms with van der Waals surface area (Å²) in [4.78, 5) is 0. The molecule has 0 spiro atoms. The van der Waals surface area contributed by atoms with Crippen LogP contribution in [0.4, 0.5) is 5.88 Å². The molecule has 3 nitrogen and oxygen atoms in total. The average Bonchev–Trinajstić information content (AvgIpc) is 3.21. The number of fused-ring (bicyclic) bond motifs is 1. The van der Waals surface area contributed by atoms with Gasteiger partial charge in [0.2, 0.25) is 5.88 Å². The summed E-state index contributed by atoms with van der Waals surface area (Å²) in [5.74, 6) is 3.21. The van der Waals surface area contributed by atoms with Gasteiger partial charge in [-0.15, -0.1) is 0 Å². The van der Waals surface area contributed by atoms with Crippen molar-refractivity contribution in [2.24, 2.45) is 11.8 Å². The highest BCUT2D eigenvalue weighted by atomic mass is 16.5. The van der Waals surface area contributed by atoms with Crippen LogP contribution in [0, 0.1) is 11.8 Å². The molecule has 3 heteroatoms. The fraction of sp³-hybridized carbons (Fsp3) is 0.654. The van der Waals surface area contributed by atoms with Gasteiger partial charge in [0.25, 0.3) is 0 Å². The number of nitrogens with one attached hydrogen (secondary N) is 1. The summed E-state index contributed by atoms with van der Waals surface area (Å²) >= 11 is 0. The summed E-state index contributed by atoms with van der Waals surface area (Å²) in [7, 11) is 0. The summed E-state index contributed by atoms with van der Waals surface area (Å²) in [6, 6.07) is 11.5. The van der Waals surface area contributed by atoms with E-state index in [0.717, 1.165) is 30.6 Å². The van der Waals surface area contributed by atoms with Crippen molar-refractivity contribution < 1.29 is 4.52 Å². The van der Waals surface area contributed by atoms with E-state index in [1.54, 1.807) is 0 Å². The van der Waals surface area contributed by atoms with Gasteiger partial charge in [-0.1, -0.05) is 74.0 Å². The number of hydrogen-bond donors (Lipinski definition) is 1. The zero-order valence-corrected chi connectivity index (χ0v) is 17.7. The molecule has 1 aromatic carbocycles. The van der Waals surface area contributed by atoms with Crippen molar-refractivity contribution >= 4 is 5.88 Å². The van der Waals surface area contributed by atoms with Gasteiger partial charge in [0.15, 0.2) is 0 Å². The average molecular weight is 393 g/mol. The maximum absolute atomic E-state index is 5.95. The zero-order chi connectivity index (χ0) is 19.5. The fourth-order valence-corrected chi connectivity index (χ4v) is 6.30. The minimum absolute atomic E-state index is 0.578. The van der Waals surface area contributed by atoms with Gasteiger partial charge in [-0.05, 0) is 61.8 Å². The Balaban J connectivity index is 1.33. The second-order valence-corrected chi connectivity index (χ2v) is 9.75. The molecular weight excluding hydrogens is 356 g/mol. The quantitative estimate of drug-likeness (QED) is 0.602. The molecule has 1 unspecified atom stereocenters. The van der Waals surface area contributed by atoms with E-state index in [4.69, 9.17) is 4.52 Å². The topological polar surface area (TPSA) is 38.1 Å². The molecule has 2 aromatic rings. The molecule has 1 heterocycles. The van der Waals surface area contributed by atoms with E-state index in [9.17, 15) is 0 Å². The number of aromatic nitrogens is 1. The Morgan fingerprint density at radius 1 is 0.828 bits per heavy atom. The summed E-state index contributed by atoms with van der Waals surface area (Å²) in [6.07, 6.45) is 17.3. The molecule has 0 aliphatic heterocycles. The number of rotatable bonds is 5. The van der Waals surface area contributed by atoms with Gasteiger partial charge in [-0.3, -0.25) is 0 Å². The lowest BCUT2D eigenvalue weighted by Crippen LogP contribution is -2.38. The minimum Gasteiger partial charge on any atom is -0.350 e. The van der Waals surface area contributed by atoms with Gasteiger partial charge in [0.05, 0.1) is 5.69 Å². The van der Waals surface area contributed by atoms with E-state index in [-0.39, 0.29) is 0 Å². The molecular formula is C26H36N2O. The maximum Gasteiger partial charge on any atom is 0.228 e. The first-order valence-electron chi connectivity index (χ1n) is 12.2. The van der Waals surface area contributed by atoms with Gasteiger partial charge >= 0.3 is 0 Å². The van der Waals surface area contributed by atoms with Gasteiger partial charge in [-0.25, -0.2) is 0 Å². The van der Waals surface area contributed by atoms with E-state index >= 15 is 0 Å². The second kappa shape index (κ2) is 8.93. The number of anilines is 1. The van der Waals surface area contributed by atoms with Crippen LogP contribution in [0.5, 0.6) is 0 Å². The smallest absolute Gasteiger partial charge is 0.228 e. The van der Waals surface area contributed by atoms with Gasteiger partial charge in [-0.2, -0.15) is 0 Å². The minimum atomic E-state index is 0.578. The lowest BCUT2D eigenvalue weighted by atomic mass is 9.73. The van der Waals surface area contributed by atoms with Crippen molar-refractivity contribution in [3.8, 4) is 0 Å². The fourth-order valence-electron chi connectivity index (χ4n) is 6.30. The van der Waals surface area contributed by atoms with Crippen LogP contribution >= 0.6 is 0 Å². The molecule has 0 radical (unpaired) electrons. The molecule has 0 amide bonds. The number of nitrogens with zero attached hydrogens (tertiary/aromatic N) is 1. The van der Waals surface area contributed by atoms with Crippen LogP contribution in [-0.4, -0.2) is 11.2 Å². The molecule has 0 bridgehead atoms. The first-order chi connectivity index (χ1) is 14.4. The normalized spacial score (nSPS) is 23.8. The van der Waals surface area contributed by atoms with Crippen LogP contribution in [0.25, 0.3) is 0 Å². The van der Waals surface area contributed by atoms with Crippen LogP contribution in [0.15, 0.2) is 34.9 Å². The predicted octanol–water partition coefficient (Wildman–Crippen LogP) is 6.89. The van der Waals surface area contributed by atoms with E-state index in [0.29, 0.717) is 12.0 Å². The molecule has 1 aromatic heterocycles. The Morgan fingerprint density at radius 2 is 1.48 bits per heavy atom. The van der Waals surface area contributed by atoms with Crippen molar-refractivity contribution in [3.05, 3.63) is 47.2 Å². The molecule has 1 atom stereocenters. The molecule has 1 N–H and O–H groups in total. The lowest BCUT2D eigenvalue weighted by molar-refractivity contribution is 0.215. The molecule has 3 aliphatic carbocycles. The first-order valence-corrected chi connectivity index (χ1v) is 12.2. The SMILES string of the molecule is c1ccc(C2CCc3c(noc3NC(C3CCCCC3)C3CCCCC3)C2)cc1. The predicted molar refractivity (Wildman–Crippen MR) is 118 cm³/mol. The molecule has 2 saturated carbocycles. The third-order valence-electron chi connectivity index (χ3n) is 7.94. The molecule has 3 aliphatic rings. The monoisotopic (exact) mass is 392 g/mol. The highest BCUT2D eigenvalue weighted by Gasteiger charge is 2.34. The van der Waals surface area contributed by atoms with Gasteiger partial charge in [0, 0.05) is 18.0 Å². The van der Waals surface area contributed by atoms with Gasteiger partial charge < -0.3 is 9.84 Å². The summed E-state index contributed by atoms with van der Waals surface area (Å²) in [6.45, 7) is 0. The highest BCUT2D eigenvalue weighted by Crippen LogP contribution is 2.40. The Labute approximate surface area is 175 Å². The highest BCUT2D eigenvalue weighted by molar-refractivity contribution is 5.47. The molecule has 2 fully saturated rings. The Bertz CT molecular complexity index is 753. The van der Waals surface area contributed by atoms with Crippen LogP contribution in [0.1, 0.15) is 93.4 Å². The van der Waals surface area contributed by atoms with E-state index < -0.39 is 0 Å². The number of hydrogen-bond acceptors (Lipinski definition) is 3. The van der Waals surface area contributed by atoms with E-state index in [1.807, 2.05) is 0 Å². The van der Waals surface area contributed by atoms with Crippen molar-refractivity contribution in [1.82, 2.24) is 5.16 Å². The second-order valence-electron chi connectivity index (χ2n) is 9.75. The molecule has 29 heavy (non-hydrogen) atoms. The zero-order valence-electron chi connectivity index (χ0n) is 17.7. The van der Waals surface area contributed by atoms with E-state index in [2.05, 4.69) is 40.8 Å². The van der Waals surface area contributed by atoms with Crippen LogP contribution in [-0.2, 0) is 12.8 Å². The Morgan fingerprint density at radius 3 is 2.14 bits per heavy atom. The summed E-state index contributed by atoms with van der Waals surface area (Å²) < 4.78 is 5.95. The third kappa shape index (κ3) is 4.25. The molecule has 0 saturated heterocycles. The molecule has 156 valence electrons. The largest absolute Gasteiger partial charge is 0.350 e. The number of benzene rings is 1. The van der Waals surface area contributed by atoms with Crippen molar-refractivity contribution in [2.75, 3.05) is 5.32 Å². The summed E-state index contributed by atoms with van der Waals surface area (Å²) in [5, 5.41) is 8.49. The van der Waals surface area contributed by atoms with Crippen LogP contribution < -0.4 is 5.32 Å².